The van der Waals surface area contributed by atoms with Crippen molar-refractivity contribution in [1.82, 2.24) is 4.98 Å². The Morgan fingerprint density at radius 2 is 2.38 bits per heavy atom. The van der Waals surface area contributed by atoms with Crippen LogP contribution in [0, 0.1) is 0 Å². The first-order valence-corrected chi connectivity index (χ1v) is 6.83. The lowest BCUT2D eigenvalue weighted by atomic mass is 10.00. The number of nitrogens with zero attached hydrogens (tertiary/aromatic N) is 1. The van der Waals surface area contributed by atoms with Crippen molar-refractivity contribution in [2.75, 3.05) is 6.61 Å². The van der Waals surface area contributed by atoms with Crippen molar-refractivity contribution in [3.63, 3.8) is 0 Å². The summed E-state index contributed by atoms with van der Waals surface area (Å²) in [6.45, 7) is 2.96. The molecule has 0 spiro atoms. The van der Waals surface area contributed by atoms with Gasteiger partial charge in [0, 0.05) is 6.61 Å². The SMILES string of the molecule is CC1(c2nc3c(s2)C(O)CCC3)CCCO1. The van der Waals surface area contributed by atoms with Crippen LogP contribution < -0.4 is 0 Å². The zero-order chi connectivity index (χ0) is 11.2. The first-order valence-electron chi connectivity index (χ1n) is 6.01. The highest BCUT2D eigenvalue weighted by atomic mass is 32.1. The minimum absolute atomic E-state index is 0.193. The van der Waals surface area contributed by atoms with Gasteiger partial charge < -0.3 is 9.84 Å². The summed E-state index contributed by atoms with van der Waals surface area (Å²) in [7, 11) is 0. The minimum Gasteiger partial charge on any atom is -0.388 e. The van der Waals surface area contributed by atoms with E-state index in [1.807, 2.05) is 0 Å². The Morgan fingerprint density at radius 3 is 3.06 bits per heavy atom. The summed E-state index contributed by atoms with van der Waals surface area (Å²) in [5, 5.41) is 11.0. The highest BCUT2D eigenvalue weighted by molar-refractivity contribution is 7.12. The third-order valence-electron chi connectivity index (χ3n) is 3.59. The van der Waals surface area contributed by atoms with Gasteiger partial charge in [-0.1, -0.05) is 0 Å². The van der Waals surface area contributed by atoms with Gasteiger partial charge >= 0.3 is 0 Å². The molecule has 1 aliphatic heterocycles. The number of ether oxygens (including phenoxy) is 1. The number of hydrogen-bond acceptors (Lipinski definition) is 4. The second-order valence-electron chi connectivity index (χ2n) is 4.92. The summed E-state index contributed by atoms with van der Waals surface area (Å²) >= 11 is 1.65. The summed E-state index contributed by atoms with van der Waals surface area (Å²) in [5.74, 6) is 0. The molecule has 3 nitrogen and oxygen atoms in total. The molecule has 16 heavy (non-hydrogen) atoms. The van der Waals surface area contributed by atoms with Crippen LogP contribution in [0.25, 0.3) is 0 Å². The maximum atomic E-state index is 9.93. The molecule has 2 heterocycles. The van der Waals surface area contributed by atoms with Crippen LogP contribution in [0.3, 0.4) is 0 Å². The van der Waals surface area contributed by atoms with Crippen LogP contribution in [0.4, 0.5) is 0 Å². The fourth-order valence-corrected chi connectivity index (χ4v) is 3.83. The highest BCUT2D eigenvalue weighted by Crippen LogP contribution is 2.42. The van der Waals surface area contributed by atoms with Crippen LogP contribution in [0.2, 0.25) is 0 Å². The van der Waals surface area contributed by atoms with E-state index < -0.39 is 0 Å². The number of fused-ring (bicyclic) bond motifs is 1. The standard InChI is InChI=1S/C12H17NO2S/c1-12(6-3-7-15-12)11-13-8-4-2-5-9(14)10(8)16-11/h9,14H,2-7H2,1H3. The molecule has 1 fully saturated rings. The maximum Gasteiger partial charge on any atom is 0.125 e. The number of hydrogen-bond donors (Lipinski definition) is 1. The zero-order valence-corrected chi connectivity index (χ0v) is 10.3. The van der Waals surface area contributed by atoms with Crippen molar-refractivity contribution in [3.05, 3.63) is 15.6 Å². The van der Waals surface area contributed by atoms with E-state index in [-0.39, 0.29) is 11.7 Å². The van der Waals surface area contributed by atoms with E-state index in [0.717, 1.165) is 54.3 Å². The average molecular weight is 239 g/mol. The quantitative estimate of drug-likeness (QED) is 0.819. The topological polar surface area (TPSA) is 42.4 Å². The minimum atomic E-state index is -0.292. The van der Waals surface area contributed by atoms with Crippen LogP contribution in [-0.2, 0) is 16.8 Å². The van der Waals surface area contributed by atoms with E-state index in [2.05, 4.69) is 11.9 Å². The number of aryl methyl sites for hydroxylation is 1. The number of aromatic nitrogens is 1. The molecule has 3 rings (SSSR count). The Balaban J connectivity index is 1.97. The first-order chi connectivity index (χ1) is 7.69. The van der Waals surface area contributed by atoms with E-state index in [4.69, 9.17) is 4.74 Å². The Morgan fingerprint density at radius 1 is 1.50 bits per heavy atom. The molecule has 0 aromatic carbocycles. The van der Waals surface area contributed by atoms with Crippen LogP contribution in [0.5, 0.6) is 0 Å². The second-order valence-corrected chi connectivity index (χ2v) is 5.95. The molecule has 0 amide bonds. The molecule has 0 bridgehead atoms. The number of thiazole rings is 1. The fraction of sp³-hybridized carbons (Fsp3) is 0.750. The molecule has 2 unspecified atom stereocenters. The van der Waals surface area contributed by atoms with Gasteiger partial charge in [0.25, 0.3) is 0 Å². The Hall–Kier alpha value is -0.450. The molecule has 1 saturated heterocycles. The average Bonchev–Trinajstić information content (AvgIpc) is 2.85. The van der Waals surface area contributed by atoms with Crippen LogP contribution in [0.15, 0.2) is 0 Å². The monoisotopic (exact) mass is 239 g/mol. The molecule has 2 atom stereocenters. The second kappa shape index (κ2) is 3.79. The van der Waals surface area contributed by atoms with E-state index in [9.17, 15) is 5.11 Å². The molecule has 1 aromatic heterocycles. The Kier molecular flexibility index (Phi) is 2.53. The van der Waals surface area contributed by atoms with Crippen LogP contribution in [0.1, 0.15) is 54.3 Å². The van der Waals surface area contributed by atoms with Gasteiger partial charge in [-0.2, -0.15) is 0 Å². The summed E-state index contributed by atoms with van der Waals surface area (Å²) < 4.78 is 5.81. The highest BCUT2D eigenvalue weighted by Gasteiger charge is 2.37. The summed E-state index contributed by atoms with van der Waals surface area (Å²) in [5.41, 5.74) is 0.914. The van der Waals surface area contributed by atoms with Gasteiger partial charge in [-0.3, -0.25) is 0 Å². The molecule has 1 aromatic rings. The van der Waals surface area contributed by atoms with Crippen molar-refractivity contribution in [3.8, 4) is 0 Å². The molecule has 88 valence electrons. The lowest BCUT2D eigenvalue weighted by molar-refractivity contribution is 0.0165. The number of aliphatic hydroxyl groups is 1. The first kappa shape index (κ1) is 10.7. The van der Waals surface area contributed by atoms with Crippen molar-refractivity contribution >= 4 is 11.3 Å². The molecule has 0 saturated carbocycles. The van der Waals surface area contributed by atoms with Gasteiger partial charge in [-0.25, -0.2) is 4.98 Å². The van der Waals surface area contributed by atoms with Gasteiger partial charge in [0.2, 0.25) is 0 Å². The maximum absolute atomic E-state index is 9.93. The van der Waals surface area contributed by atoms with E-state index in [1.54, 1.807) is 11.3 Å². The normalized spacial score (nSPS) is 34.0. The number of rotatable bonds is 1. The molecule has 4 heteroatoms. The van der Waals surface area contributed by atoms with Crippen molar-refractivity contribution in [2.24, 2.45) is 0 Å². The van der Waals surface area contributed by atoms with Crippen LogP contribution in [-0.4, -0.2) is 16.7 Å². The Bertz CT molecular complexity index is 396. The fourth-order valence-electron chi connectivity index (χ4n) is 2.57. The Labute approximate surface area is 99.5 Å². The van der Waals surface area contributed by atoms with Gasteiger partial charge in [0.15, 0.2) is 0 Å². The molecule has 1 N–H and O–H groups in total. The predicted octanol–water partition coefficient (Wildman–Crippen LogP) is 2.54. The summed E-state index contributed by atoms with van der Waals surface area (Å²) in [6.07, 6.45) is 4.82. The van der Waals surface area contributed by atoms with Crippen LogP contribution >= 0.6 is 11.3 Å². The molecular formula is C12H17NO2S. The van der Waals surface area contributed by atoms with Gasteiger partial charge in [0.05, 0.1) is 16.7 Å². The van der Waals surface area contributed by atoms with E-state index >= 15 is 0 Å². The lowest BCUT2D eigenvalue weighted by Crippen LogP contribution is -2.19. The lowest BCUT2D eigenvalue weighted by Gasteiger charge is -2.19. The van der Waals surface area contributed by atoms with Gasteiger partial charge in [-0.05, 0) is 39.0 Å². The van der Waals surface area contributed by atoms with E-state index in [1.165, 1.54) is 0 Å². The van der Waals surface area contributed by atoms with Crippen molar-refractivity contribution in [1.29, 1.82) is 0 Å². The van der Waals surface area contributed by atoms with E-state index in [0.29, 0.717) is 0 Å². The van der Waals surface area contributed by atoms with Gasteiger partial charge in [0.1, 0.15) is 10.6 Å². The summed E-state index contributed by atoms with van der Waals surface area (Å²) in [4.78, 5) is 5.77. The molecule has 0 radical (unpaired) electrons. The third-order valence-corrected chi connectivity index (χ3v) is 5.04. The molecular weight excluding hydrogens is 222 g/mol. The summed E-state index contributed by atoms with van der Waals surface area (Å²) in [6, 6.07) is 0. The van der Waals surface area contributed by atoms with Crippen molar-refractivity contribution < 1.29 is 9.84 Å². The van der Waals surface area contributed by atoms with Gasteiger partial charge in [-0.15, -0.1) is 11.3 Å². The molecule has 1 aliphatic carbocycles. The smallest absolute Gasteiger partial charge is 0.125 e. The van der Waals surface area contributed by atoms with Crippen molar-refractivity contribution in [2.45, 2.75) is 50.7 Å². The zero-order valence-electron chi connectivity index (χ0n) is 9.53. The number of aliphatic hydroxyl groups excluding tert-OH is 1. The molecule has 2 aliphatic rings. The third kappa shape index (κ3) is 1.60. The largest absolute Gasteiger partial charge is 0.388 e. The predicted molar refractivity (Wildman–Crippen MR) is 62.5 cm³/mol.